The molecule has 1 fully saturated rings. The van der Waals surface area contributed by atoms with E-state index in [0.29, 0.717) is 36.9 Å². The lowest BCUT2D eigenvalue weighted by molar-refractivity contribution is 0.0752. The van der Waals surface area contributed by atoms with Crippen molar-refractivity contribution in [2.45, 2.75) is 45.8 Å². The molecule has 7 nitrogen and oxygen atoms in total. The number of hydrogen-bond acceptors (Lipinski definition) is 4. The van der Waals surface area contributed by atoms with Crippen molar-refractivity contribution in [1.82, 2.24) is 15.2 Å². The maximum atomic E-state index is 12.7. The van der Waals surface area contributed by atoms with Crippen LogP contribution >= 0.6 is 0 Å². The number of para-hydroxylation sites is 1. The molecule has 1 atom stereocenters. The van der Waals surface area contributed by atoms with E-state index in [1.54, 1.807) is 17.0 Å². The first kappa shape index (κ1) is 23.5. The van der Waals surface area contributed by atoms with Crippen molar-refractivity contribution in [3.05, 3.63) is 71.4 Å². The maximum absolute atomic E-state index is 12.7. The summed E-state index contributed by atoms with van der Waals surface area (Å²) in [5.74, 6) is 0.893. The monoisotopic (exact) mass is 460 g/mol. The Hall–Kier alpha value is -3.61. The van der Waals surface area contributed by atoms with E-state index >= 15 is 0 Å². The minimum atomic E-state index is -0.387. The number of fused-ring (bicyclic) bond motifs is 1. The number of nitrogens with one attached hydrogen (secondary N) is 1. The van der Waals surface area contributed by atoms with Gasteiger partial charge in [-0.2, -0.15) is 0 Å². The fourth-order valence-corrected chi connectivity index (χ4v) is 4.83. The molecular formula is C27H32N4O3. The molecule has 0 saturated carbocycles. The van der Waals surface area contributed by atoms with Crippen LogP contribution in [0.15, 0.2) is 54.6 Å². The highest BCUT2D eigenvalue weighted by Crippen LogP contribution is 2.31. The van der Waals surface area contributed by atoms with Crippen LogP contribution in [-0.4, -0.2) is 40.5 Å². The summed E-state index contributed by atoms with van der Waals surface area (Å²) >= 11 is 0. The summed E-state index contributed by atoms with van der Waals surface area (Å²) in [6.07, 6.45) is 1.62. The van der Waals surface area contributed by atoms with E-state index in [-0.39, 0.29) is 17.5 Å². The molecule has 2 heterocycles. The smallest absolute Gasteiger partial charge is 0.315 e. The van der Waals surface area contributed by atoms with Crippen molar-refractivity contribution in [1.29, 1.82) is 0 Å². The van der Waals surface area contributed by atoms with E-state index in [0.717, 1.165) is 35.0 Å². The number of piperidine rings is 1. The second-order valence-electron chi connectivity index (χ2n) is 9.62. The fourth-order valence-electron chi connectivity index (χ4n) is 4.83. The van der Waals surface area contributed by atoms with Gasteiger partial charge in [0.25, 0.3) is 5.91 Å². The lowest BCUT2D eigenvalue weighted by Crippen LogP contribution is -2.55. The Kier molecular flexibility index (Phi) is 6.72. The van der Waals surface area contributed by atoms with Gasteiger partial charge in [-0.3, -0.25) is 9.78 Å². The molecule has 0 aliphatic carbocycles. The standard InChI is InChI=1S/C27H32N4O3/c1-18-14-21(23-6-4-5-7-24(23)30-18)17-34-22-10-8-20(9-11-22)25(32)29-16-19-12-13-31(26(28)33)27(2,3)15-19/h4-11,14,19H,12-13,15-17H2,1-3H3,(H2,28,33)(H,29,32). The van der Waals surface area contributed by atoms with E-state index in [2.05, 4.69) is 10.3 Å². The van der Waals surface area contributed by atoms with E-state index in [1.165, 1.54) is 0 Å². The Morgan fingerprint density at radius 2 is 1.91 bits per heavy atom. The molecule has 1 unspecified atom stereocenters. The quantitative estimate of drug-likeness (QED) is 0.569. The van der Waals surface area contributed by atoms with E-state index in [4.69, 9.17) is 10.5 Å². The first-order chi connectivity index (χ1) is 16.2. The number of nitrogens with two attached hydrogens (primary N) is 1. The highest BCUT2D eigenvalue weighted by Gasteiger charge is 2.36. The van der Waals surface area contributed by atoms with Crippen molar-refractivity contribution >= 4 is 22.8 Å². The van der Waals surface area contributed by atoms with Crippen molar-refractivity contribution in [3.8, 4) is 5.75 Å². The fraction of sp³-hybridized carbons (Fsp3) is 0.370. The van der Waals surface area contributed by atoms with E-state index in [1.807, 2.05) is 63.2 Å². The Morgan fingerprint density at radius 1 is 1.18 bits per heavy atom. The first-order valence-corrected chi connectivity index (χ1v) is 11.7. The number of carbonyl (C=O) groups is 2. The van der Waals surface area contributed by atoms with E-state index < -0.39 is 0 Å². The Balaban J connectivity index is 1.32. The Morgan fingerprint density at radius 3 is 2.62 bits per heavy atom. The van der Waals surface area contributed by atoms with Crippen molar-refractivity contribution in [2.75, 3.05) is 13.1 Å². The number of primary amides is 1. The number of pyridine rings is 1. The van der Waals surface area contributed by atoms with Crippen molar-refractivity contribution in [2.24, 2.45) is 11.7 Å². The summed E-state index contributed by atoms with van der Waals surface area (Å²) in [5, 5.41) is 4.11. The Labute approximate surface area is 200 Å². The van der Waals surface area contributed by atoms with Gasteiger partial charge in [-0.25, -0.2) is 4.79 Å². The summed E-state index contributed by atoms with van der Waals surface area (Å²) in [4.78, 5) is 30.6. The zero-order chi connectivity index (χ0) is 24.3. The zero-order valence-electron chi connectivity index (χ0n) is 20.0. The molecule has 4 rings (SSSR count). The summed E-state index contributed by atoms with van der Waals surface area (Å²) in [6.45, 7) is 7.62. The Bertz CT molecular complexity index is 1190. The third-order valence-corrected chi connectivity index (χ3v) is 6.54. The summed E-state index contributed by atoms with van der Waals surface area (Å²) in [6, 6.07) is 16.9. The molecule has 34 heavy (non-hydrogen) atoms. The van der Waals surface area contributed by atoms with Crippen molar-refractivity contribution < 1.29 is 14.3 Å². The number of carbonyl (C=O) groups excluding carboxylic acids is 2. The number of urea groups is 1. The maximum Gasteiger partial charge on any atom is 0.315 e. The molecule has 3 aromatic rings. The molecule has 1 aromatic heterocycles. The molecule has 1 saturated heterocycles. The minimum Gasteiger partial charge on any atom is -0.489 e. The van der Waals surface area contributed by atoms with Gasteiger partial charge in [-0.1, -0.05) is 18.2 Å². The number of aromatic nitrogens is 1. The molecule has 2 aromatic carbocycles. The second kappa shape index (κ2) is 9.71. The lowest BCUT2D eigenvalue weighted by atomic mass is 9.83. The summed E-state index contributed by atoms with van der Waals surface area (Å²) < 4.78 is 6.00. The number of likely N-dealkylation sites (tertiary alicyclic amines) is 1. The molecule has 7 heteroatoms. The van der Waals surface area contributed by atoms with Crippen LogP contribution in [0.2, 0.25) is 0 Å². The SMILES string of the molecule is Cc1cc(COc2ccc(C(=O)NCC3CCN(C(N)=O)C(C)(C)C3)cc2)c2ccccc2n1. The molecule has 3 N–H and O–H groups in total. The molecule has 0 spiro atoms. The second-order valence-corrected chi connectivity index (χ2v) is 9.62. The molecular weight excluding hydrogens is 428 g/mol. The average Bonchev–Trinajstić information content (AvgIpc) is 2.80. The van der Waals surface area contributed by atoms with Crippen LogP contribution in [0.5, 0.6) is 5.75 Å². The van der Waals surface area contributed by atoms with Gasteiger partial charge in [-0.05, 0) is 75.9 Å². The van der Waals surface area contributed by atoms with Gasteiger partial charge in [0.05, 0.1) is 5.52 Å². The average molecular weight is 461 g/mol. The first-order valence-electron chi connectivity index (χ1n) is 11.7. The number of benzene rings is 2. The number of ether oxygens (including phenoxy) is 1. The largest absolute Gasteiger partial charge is 0.489 e. The number of nitrogens with zero attached hydrogens (tertiary/aromatic N) is 2. The van der Waals surface area contributed by atoms with Gasteiger partial charge in [-0.15, -0.1) is 0 Å². The van der Waals surface area contributed by atoms with E-state index in [9.17, 15) is 9.59 Å². The highest BCUT2D eigenvalue weighted by atomic mass is 16.5. The minimum absolute atomic E-state index is 0.113. The predicted octanol–water partition coefficient (Wildman–Crippen LogP) is 4.42. The highest BCUT2D eigenvalue weighted by molar-refractivity contribution is 5.94. The van der Waals surface area contributed by atoms with Crippen LogP contribution in [-0.2, 0) is 6.61 Å². The van der Waals surface area contributed by atoms with Gasteiger partial charge >= 0.3 is 6.03 Å². The summed E-state index contributed by atoms with van der Waals surface area (Å²) in [7, 11) is 0. The van der Waals surface area contributed by atoms with Crippen LogP contribution < -0.4 is 15.8 Å². The molecule has 1 aliphatic heterocycles. The van der Waals surface area contributed by atoms with Gasteiger partial charge in [0.1, 0.15) is 12.4 Å². The molecule has 0 radical (unpaired) electrons. The molecule has 3 amide bonds. The van der Waals surface area contributed by atoms with Crippen molar-refractivity contribution in [3.63, 3.8) is 0 Å². The van der Waals surface area contributed by atoms with Crippen LogP contribution in [0.25, 0.3) is 10.9 Å². The van der Waals surface area contributed by atoms with Gasteiger partial charge in [0.2, 0.25) is 0 Å². The van der Waals surface area contributed by atoms with Gasteiger partial charge in [0.15, 0.2) is 0 Å². The number of aryl methyl sites for hydroxylation is 1. The van der Waals surface area contributed by atoms with Crippen LogP contribution in [0.3, 0.4) is 0 Å². The molecule has 0 bridgehead atoms. The van der Waals surface area contributed by atoms with Crippen LogP contribution in [0.4, 0.5) is 4.79 Å². The third-order valence-electron chi connectivity index (χ3n) is 6.54. The number of amides is 3. The number of hydrogen-bond donors (Lipinski definition) is 2. The molecule has 178 valence electrons. The lowest BCUT2D eigenvalue weighted by Gasteiger charge is -2.44. The number of rotatable bonds is 6. The van der Waals surface area contributed by atoms with Gasteiger partial charge < -0.3 is 20.7 Å². The summed E-state index contributed by atoms with van der Waals surface area (Å²) in [5.41, 5.74) is 8.76. The third kappa shape index (κ3) is 5.30. The zero-order valence-corrected chi connectivity index (χ0v) is 20.0. The predicted molar refractivity (Wildman–Crippen MR) is 133 cm³/mol. The molecule has 1 aliphatic rings. The van der Waals surface area contributed by atoms with Gasteiger partial charge in [0, 0.05) is 40.8 Å². The van der Waals surface area contributed by atoms with Crippen LogP contribution in [0.1, 0.15) is 48.3 Å². The normalized spacial score (nSPS) is 17.4. The van der Waals surface area contributed by atoms with Crippen LogP contribution in [0, 0.1) is 12.8 Å². The topological polar surface area (TPSA) is 97.5 Å².